The van der Waals surface area contributed by atoms with Crippen molar-refractivity contribution in [1.82, 2.24) is 0 Å². The third kappa shape index (κ3) is 3.74. The van der Waals surface area contributed by atoms with Gasteiger partial charge in [0.25, 0.3) is 0 Å². The molecule has 0 N–H and O–H groups in total. The van der Waals surface area contributed by atoms with Crippen molar-refractivity contribution in [2.45, 2.75) is 6.61 Å². The van der Waals surface area contributed by atoms with Gasteiger partial charge in [-0.05, 0) is 17.7 Å². The molecule has 0 aliphatic carbocycles. The van der Waals surface area contributed by atoms with Gasteiger partial charge in [-0.25, -0.2) is 4.39 Å². The zero-order valence-corrected chi connectivity index (χ0v) is 9.51. The second-order valence-electron chi connectivity index (χ2n) is 2.78. The molecular weight excluding hydrogens is 251 g/mol. The maximum atomic E-state index is 12.7. The molecule has 0 aromatic heterocycles. The van der Waals surface area contributed by atoms with Crippen LogP contribution in [-0.4, -0.2) is 20.3 Å². The van der Waals surface area contributed by atoms with E-state index in [9.17, 15) is 4.39 Å². The number of hydrogen-bond donors (Lipinski definition) is 0. The number of rotatable bonds is 5. The van der Waals surface area contributed by atoms with Crippen LogP contribution in [0.5, 0.6) is 0 Å². The van der Waals surface area contributed by atoms with Crippen molar-refractivity contribution in [3.05, 3.63) is 34.1 Å². The van der Waals surface area contributed by atoms with Gasteiger partial charge in [0.2, 0.25) is 0 Å². The molecule has 0 unspecified atom stereocenters. The van der Waals surface area contributed by atoms with E-state index < -0.39 is 0 Å². The Balaban J connectivity index is 2.42. The van der Waals surface area contributed by atoms with E-state index in [0.29, 0.717) is 19.8 Å². The molecule has 0 spiro atoms. The van der Waals surface area contributed by atoms with E-state index in [0.717, 1.165) is 10.0 Å². The second kappa shape index (κ2) is 6.11. The number of methoxy groups -OCH3 is 1. The molecule has 2 nitrogen and oxygen atoms in total. The van der Waals surface area contributed by atoms with E-state index in [1.54, 1.807) is 13.2 Å². The Bertz CT molecular complexity index is 291. The summed E-state index contributed by atoms with van der Waals surface area (Å²) in [6.45, 7) is 1.57. The van der Waals surface area contributed by atoms with Gasteiger partial charge in [-0.15, -0.1) is 0 Å². The van der Waals surface area contributed by atoms with Crippen LogP contribution in [0.3, 0.4) is 0 Å². The highest BCUT2D eigenvalue weighted by Crippen LogP contribution is 2.18. The molecule has 1 rings (SSSR count). The van der Waals surface area contributed by atoms with Gasteiger partial charge in [0.1, 0.15) is 5.82 Å². The van der Waals surface area contributed by atoms with Gasteiger partial charge in [-0.3, -0.25) is 0 Å². The third-order valence-electron chi connectivity index (χ3n) is 1.70. The molecule has 0 bridgehead atoms. The molecule has 0 aliphatic heterocycles. The first-order valence-electron chi connectivity index (χ1n) is 4.24. The Morgan fingerprint density at radius 3 is 2.79 bits per heavy atom. The summed E-state index contributed by atoms with van der Waals surface area (Å²) in [7, 11) is 1.62. The molecule has 1 aromatic rings. The van der Waals surface area contributed by atoms with Gasteiger partial charge in [0.05, 0.1) is 19.8 Å². The predicted molar refractivity (Wildman–Crippen MR) is 55.6 cm³/mol. The van der Waals surface area contributed by atoms with Crippen LogP contribution in [0.1, 0.15) is 5.56 Å². The molecule has 0 radical (unpaired) electrons. The Hall–Kier alpha value is -0.450. The molecule has 78 valence electrons. The number of benzene rings is 1. The van der Waals surface area contributed by atoms with Crippen LogP contribution >= 0.6 is 15.9 Å². The van der Waals surface area contributed by atoms with E-state index in [1.165, 1.54) is 12.1 Å². The van der Waals surface area contributed by atoms with Crippen LogP contribution in [0.15, 0.2) is 22.7 Å². The average molecular weight is 263 g/mol. The maximum Gasteiger partial charge on any atom is 0.124 e. The maximum absolute atomic E-state index is 12.7. The molecule has 0 aliphatic rings. The summed E-state index contributed by atoms with van der Waals surface area (Å²) in [6.07, 6.45) is 0. The normalized spacial score (nSPS) is 10.5. The predicted octanol–water partition coefficient (Wildman–Crippen LogP) is 2.75. The van der Waals surface area contributed by atoms with Crippen molar-refractivity contribution < 1.29 is 13.9 Å². The fourth-order valence-electron chi connectivity index (χ4n) is 0.963. The Kier molecular flexibility index (Phi) is 5.07. The topological polar surface area (TPSA) is 18.5 Å². The van der Waals surface area contributed by atoms with Crippen LogP contribution in [-0.2, 0) is 16.1 Å². The van der Waals surface area contributed by atoms with Gasteiger partial charge >= 0.3 is 0 Å². The molecule has 0 saturated carbocycles. The lowest BCUT2D eigenvalue weighted by atomic mass is 10.2. The fraction of sp³-hybridized carbons (Fsp3) is 0.400. The van der Waals surface area contributed by atoms with Crippen molar-refractivity contribution in [3.8, 4) is 0 Å². The Morgan fingerprint density at radius 1 is 1.36 bits per heavy atom. The molecule has 1 aromatic carbocycles. The van der Waals surface area contributed by atoms with Gasteiger partial charge < -0.3 is 9.47 Å². The monoisotopic (exact) mass is 262 g/mol. The van der Waals surface area contributed by atoms with Crippen molar-refractivity contribution in [2.24, 2.45) is 0 Å². The van der Waals surface area contributed by atoms with E-state index in [-0.39, 0.29) is 5.82 Å². The van der Waals surface area contributed by atoms with Crippen LogP contribution < -0.4 is 0 Å². The fourth-order valence-corrected chi connectivity index (χ4v) is 1.43. The van der Waals surface area contributed by atoms with Crippen LogP contribution in [0.25, 0.3) is 0 Å². The van der Waals surface area contributed by atoms with E-state index in [1.807, 2.05) is 0 Å². The average Bonchev–Trinajstić information content (AvgIpc) is 2.15. The van der Waals surface area contributed by atoms with Gasteiger partial charge in [0, 0.05) is 11.6 Å². The summed E-state index contributed by atoms with van der Waals surface area (Å²) in [4.78, 5) is 0. The smallest absolute Gasteiger partial charge is 0.124 e. The minimum absolute atomic E-state index is 0.252. The zero-order valence-electron chi connectivity index (χ0n) is 7.93. The first kappa shape index (κ1) is 11.6. The molecule has 0 fully saturated rings. The summed E-state index contributed by atoms with van der Waals surface area (Å²) in [5.41, 5.74) is 0.933. The van der Waals surface area contributed by atoms with Crippen molar-refractivity contribution in [1.29, 1.82) is 0 Å². The summed E-state index contributed by atoms with van der Waals surface area (Å²) < 4.78 is 23.6. The first-order chi connectivity index (χ1) is 6.74. The highest BCUT2D eigenvalue weighted by molar-refractivity contribution is 9.10. The van der Waals surface area contributed by atoms with Crippen molar-refractivity contribution >= 4 is 15.9 Å². The lowest BCUT2D eigenvalue weighted by Crippen LogP contribution is -2.02. The highest BCUT2D eigenvalue weighted by atomic mass is 79.9. The van der Waals surface area contributed by atoms with Crippen LogP contribution in [0, 0.1) is 5.82 Å². The van der Waals surface area contributed by atoms with E-state index >= 15 is 0 Å². The SMILES string of the molecule is COCCOCc1ccc(F)cc1Br. The zero-order chi connectivity index (χ0) is 10.4. The summed E-state index contributed by atoms with van der Waals surface area (Å²) in [5.74, 6) is -0.252. The minimum atomic E-state index is -0.252. The number of hydrogen-bond acceptors (Lipinski definition) is 2. The second-order valence-corrected chi connectivity index (χ2v) is 3.64. The van der Waals surface area contributed by atoms with Gasteiger partial charge in [0.15, 0.2) is 0 Å². The molecule has 0 amide bonds. The standard InChI is InChI=1S/C10H12BrFO2/c1-13-4-5-14-7-8-2-3-9(12)6-10(8)11/h2-3,6H,4-5,7H2,1H3. The number of halogens is 2. The van der Waals surface area contributed by atoms with Crippen LogP contribution in [0.2, 0.25) is 0 Å². The molecule has 0 saturated heterocycles. The lowest BCUT2D eigenvalue weighted by Gasteiger charge is -2.05. The molecular formula is C10H12BrFO2. The Morgan fingerprint density at radius 2 is 2.14 bits per heavy atom. The number of ether oxygens (including phenoxy) is 2. The Labute approximate surface area is 91.2 Å². The minimum Gasteiger partial charge on any atom is -0.382 e. The molecule has 14 heavy (non-hydrogen) atoms. The molecule has 0 atom stereocenters. The quantitative estimate of drug-likeness (QED) is 0.760. The van der Waals surface area contributed by atoms with Gasteiger partial charge in [-0.1, -0.05) is 22.0 Å². The highest BCUT2D eigenvalue weighted by Gasteiger charge is 2.01. The molecule has 0 heterocycles. The summed E-state index contributed by atoms with van der Waals surface area (Å²) in [6, 6.07) is 4.54. The van der Waals surface area contributed by atoms with E-state index in [2.05, 4.69) is 15.9 Å². The summed E-state index contributed by atoms with van der Waals surface area (Å²) in [5, 5.41) is 0. The van der Waals surface area contributed by atoms with Crippen LogP contribution in [0.4, 0.5) is 4.39 Å². The van der Waals surface area contributed by atoms with Crippen molar-refractivity contribution in [2.75, 3.05) is 20.3 Å². The lowest BCUT2D eigenvalue weighted by molar-refractivity contribution is 0.0614. The van der Waals surface area contributed by atoms with Crippen molar-refractivity contribution in [3.63, 3.8) is 0 Å². The summed E-state index contributed by atoms with van der Waals surface area (Å²) >= 11 is 3.27. The third-order valence-corrected chi connectivity index (χ3v) is 2.44. The molecule has 4 heteroatoms. The van der Waals surface area contributed by atoms with E-state index in [4.69, 9.17) is 9.47 Å². The first-order valence-corrected chi connectivity index (χ1v) is 5.04. The largest absolute Gasteiger partial charge is 0.382 e. The van der Waals surface area contributed by atoms with Gasteiger partial charge in [-0.2, -0.15) is 0 Å².